The highest BCUT2D eigenvalue weighted by Gasteiger charge is 2.37. The van der Waals surface area contributed by atoms with Crippen LogP contribution in [-0.4, -0.2) is 29.6 Å². The Morgan fingerprint density at radius 2 is 1.89 bits per heavy atom. The van der Waals surface area contributed by atoms with Crippen molar-refractivity contribution in [1.29, 1.82) is 0 Å². The molecule has 0 spiro atoms. The number of rotatable bonds is 5. The minimum Gasteiger partial charge on any atom is -0.481 e. The Kier molecular flexibility index (Phi) is 6.19. The predicted octanol–water partition coefficient (Wildman–Crippen LogP) is 3.88. The number of amides is 1. The molecule has 0 bridgehead atoms. The Morgan fingerprint density at radius 3 is 2.56 bits per heavy atom. The summed E-state index contributed by atoms with van der Waals surface area (Å²) >= 11 is 1.44. The van der Waals surface area contributed by atoms with Gasteiger partial charge in [-0.05, 0) is 50.5 Å². The first-order chi connectivity index (χ1) is 12.9. The normalized spacial score (nSPS) is 24.7. The van der Waals surface area contributed by atoms with Gasteiger partial charge in [-0.1, -0.05) is 19.8 Å². The number of hydrogen-bond donors (Lipinski definition) is 2. The first-order valence-corrected chi connectivity index (χ1v) is 10.6. The number of carbonyl (C=O) groups excluding carboxylic acids is 2. The van der Waals surface area contributed by atoms with Crippen molar-refractivity contribution in [1.82, 2.24) is 0 Å². The average molecular weight is 394 g/mol. The van der Waals surface area contributed by atoms with Gasteiger partial charge in [-0.2, -0.15) is 0 Å². The molecule has 1 heterocycles. The number of thiophene rings is 1. The summed E-state index contributed by atoms with van der Waals surface area (Å²) in [5, 5.41) is 12.9. The van der Waals surface area contributed by atoms with Gasteiger partial charge in [-0.15, -0.1) is 11.3 Å². The molecule has 1 aromatic heterocycles. The SMILES string of the molecule is CCOC(=O)c1c(NC(=O)[C@H]2CCCC[C@H]2C(=O)O)sc2c1CC[C@@H](C)C2. The van der Waals surface area contributed by atoms with Gasteiger partial charge < -0.3 is 15.2 Å². The Labute approximate surface area is 163 Å². The average Bonchev–Trinajstić information content (AvgIpc) is 2.98. The van der Waals surface area contributed by atoms with Crippen LogP contribution in [-0.2, 0) is 27.2 Å². The molecule has 1 saturated carbocycles. The summed E-state index contributed by atoms with van der Waals surface area (Å²) in [4.78, 5) is 38.1. The summed E-state index contributed by atoms with van der Waals surface area (Å²) in [6, 6.07) is 0. The highest BCUT2D eigenvalue weighted by atomic mass is 32.1. The molecule has 2 aliphatic rings. The Morgan fingerprint density at radius 1 is 1.19 bits per heavy atom. The van der Waals surface area contributed by atoms with Gasteiger partial charge in [0, 0.05) is 4.88 Å². The van der Waals surface area contributed by atoms with Crippen LogP contribution in [0.15, 0.2) is 0 Å². The zero-order chi connectivity index (χ0) is 19.6. The first kappa shape index (κ1) is 19.9. The Bertz CT molecular complexity index is 741. The van der Waals surface area contributed by atoms with E-state index in [0.29, 0.717) is 29.3 Å². The van der Waals surface area contributed by atoms with Crippen molar-refractivity contribution in [2.45, 2.75) is 58.8 Å². The lowest BCUT2D eigenvalue weighted by atomic mass is 9.78. The van der Waals surface area contributed by atoms with E-state index in [1.165, 1.54) is 11.3 Å². The van der Waals surface area contributed by atoms with E-state index >= 15 is 0 Å². The third kappa shape index (κ3) is 4.18. The van der Waals surface area contributed by atoms with E-state index in [1.807, 2.05) is 0 Å². The van der Waals surface area contributed by atoms with Gasteiger partial charge in [-0.3, -0.25) is 9.59 Å². The minimum atomic E-state index is -0.917. The van der Waals surface area contributed by atoms with Gasteiger partial charge >= 0.3 is 11.9 Å². The molecule has 0 radical (unpaired) electrons. The smallest absolute Gasteiger partial charge is 0.341 e. The number of esters is 1. The third-order valence-electron chi connectivity index (χ3n) is 5.65. The topological polar surface area (TPSA) is 92.7 Å². The molecular formula is C20H27NO5S. The lowest BCUT2D eigenvalue weighted by Crippen LogP contribution is -2.36. The maximum absolute atomic E-state index is 12.9. The maximum atomic E-state index is 12.9. The van der Waals surface area contributed by atoms with E-state index in [2.05, 4.69) is 12.2 Å². The number of anilines is 1. The highest BCUT2D eigenvalue weighted by Crippen LogP contribution is 2.41. The van der Waals surface area contributed by atoms with E-state index in [0.717, 1.165) is 42.5 Å². The maximum Gasteiger partial charge on any atom is 0.341 e. The van der Waals surface area contributed by atoms with E-state index in [9.17, 15) is 19.5 Å². The van der Waals surface area contributed by atoms with Gasteiger partial charge in [-0.25, -0.2) is 4.79 Å². The Hall–Kier alpha value is -1.89. The molecule has 27 heavy (non-hydrogen) atoms. The van der Waals surface area contributed by atoms with Crippen molar-refractivity contribution in [2.75, 3.05) is 11.9 Å². The largest absolute Gasteiger partial charge is 0.481 e. The van der Waals surface area contributed by atoms with Crippen LogP contribution in [0.3, 0.4) is 0 Å². The number of aliphatic carboxylic acids is 1. The van der Waals surface area contributed by atoms with Crippen LogP contribution < -0.4 is 5.32 Å². The number of carboxylic acids is 1. The molecule has 6 nitrogen and oxygen atoms in total. The lowest BCUT2D eigenvalue weighted by Gasteiger charge is -2.27. The summed E-state index contributed by atoms with van der Waals surface area (Å²) in [6.07, 6.45) is 5.48. The van der Waals surface area contributed by atoms with Crippen molar-refractivity contribution >= 4 is 34.2 Å². The number of ether oxygens (including phenoxy) is 1. The van der Waals surface area contributed by atoms with Crippen molar-refractivity contribution < 1.29 is 24.2 Å². The van der Waals surface area contributed by atoms with Crippen molar-refractivity contribution in [3.8, 4) is 0 Å². The highest BCUT2D eigenvalue weighted by molar-refractivity contribution is 7.17. The predicted molar refractivity (Wildman–Crippen MR) is 103 cm³/mol. The molecule has 0 aliphatic heterocycles. The third-order valence-corrected chi connectivity index (χ3v) is 6.82. The van der Waals surface area contributed by atoms with E-state index in [-0.39, 0.29) is 12.5 Å². The molecule has 1 amide bonds. The van der Waals surface area contributed by atoms with E-state index < -0.39 is 23.8 Å². The molecule has 7 heteroatoms. The second kappa shape index (κ2) is 8.42. The molecule has 2 aliphatic carbocycles. The fraction of sp³-hybridized carbons (Fsp3) is 0.650. The number of hydrogen-bond acceptors (Lipinski definition) is 5. The number of carboxylic acid groups (broad SMARTS) is 1. The van der Waals surface area contributed by atoms with Crippen molar-refractivity contribution in [3.05, 3.63) is 16.0 Å². The molecule has 1 fully saturated rings. The van der Waals surface area contributed by atoms with Gasteiger partial charge in [0.2, 0.25) is 5.91 Å². The second-order valence-electron chi connectivity index (χ2n) is 7.60. The standard InChI is InChI=1S/C20H27NO5S/c1-3-26-20(25)16-14-9-8-11(2)10-15(14)27-18(16)21-17(22)12-6-4-5-7-13(12)19(23)24/h11-13H,3-10H2,1-2H3,(H,21,22)(H,23,24)/t11-,12+,13-/m1/s1. The van der Waals surface area contributed by atoms with Crippen LogP contribution in [0.25, 0.3) is 0 Å². The number of fused-ring (bicyclic) bond motifs is 1. The monoisotopic (exact) mass is 393 g/mol. The van der Waals surface area contributed by atoms with Gasteiger partial charge in [0.15, 0.2) is 0 Å². The summed E-state index contributed by atoms with van der Waals surface area (Å²) in [5.41, 5.74) is 1.46. The van der Waals surface area contributed by atoms with Crippen LogP contribution in [0.4, 0.5) is 5.00 Å². The fourth-order valence-corrected chi connectivity index (χ4v) is 5.60. The summed E-state index contributed by atoms with van der Waals surface area (Å²) < 4.78 is 5.23. The number of carbonyl (C=O) groups is 3. The molecule has 0 saturated heterocycles. The van der Waals surface area contributed by atoms with Crippen molar-refractivity contribution in [2.24, 2.45) is 17.8 Å². The van der Waals surface area contributed by atoms with Crippen LogP contribution in [0.5, 0.6) is 0 Å². The van der Waals surface area contributed by atoms with Gasteiger partial charge in [0.1, 0.15) is 5.00 Å². The van der Waals surface area contributed by atoms with Crippen LogP contribution in [0.1, 0.15) is 66.8 Å². The molecule has 3 atom stereocenters. The van der Waals surface area contributed by atoms with Crippen molar-refractivity contribution in [3.63, 3.8) is 0 Å². The molecule has 3 rings (SSSR count). The zero-order valence-corrected chi connectivity index (χ0v) is 16.7. The van der Waals surface area contributed by atoms with Gasteiger partial charge in [0.05, 0.1) is 24.0 Å². The quantitative estimate of drug-likeness (QED) is 0.741. The van der Waals surface area contributed by atoms with E-state index in [4.69, 9.17) is 4.74 Å². The molecular weight excluding hydrogens is 366 g/mol. The Balaban J connectivity index is 1.88. The molecule has 2 N–H and O–H groups in total. The minimum absolute atomic E-state index is 0.275. The molecule has 0 aromatic carbocycles. The summed E-state index contributed by atoms with van der Waals surface area (Å²) in [7, 11) is 0. The lowest BCUT2D eigenvalue weighted by molar-refractivity contribution is -0.147. The molecule has 148 valence electrons. The van der Waals surface area contributed by atoms with Crippen LogP contribution in [0.2, 0.25) is 0 Å². The molecule has 1 aromatic rings. The zero-order valence-electron chi connectivity index (χ0n) is 15.9. The molecule has 0 unspecified atom stereocenters. The number of nitrogens with one attached hydrogen (secondary N) is 1. The van der Waals surface area contributed by atoms with Crippen LogP contribution >= 0.6 is 11.3 Å². The fourth-order valence-electron chi connectivity index (χ4n) is 4.20. The second-order valence-corrected chi connectivity index (χ2v) is 8.71. The van der Waals surface area contributed by atoms with Gasteiger partial charge in [0.25, 0.3) is 0 Å². The van der Waals surface area contributed by atoms with E-state index in [1.54, 1.807) is 6.92 Å². The summed E-state index contributed by atoms with van der Waals surface area (Å²) in [5.74, 6) is -2.27. The first-order valence-electron chi connectivity index (χ1n) is 9.77. The van der Waals surface area contributed by atoms with Crippen LogP contribution in [0, 0.1) is 17.8 Å². The summed E-state index contributed by atoms with van der Waals surface area (Å²) in [6.45, 7) is 4.22.